The molecule has 0 spiro atoms. The van der Waals surface area contributed by atoms with Gasteiger partial charge in [0.1, 0.15) is 11.9 Å². The molecule has 1 atom stereocenters. The Morgan fingerprint density at radius 3 is 2.76 bits per heavy atom. The molecule has 0 radical (unpaired) electrons. The number of nitrogens with one attached hydrogen (secondary N) is 3. The van der Waals surface area contributed by atoms with Gasteiger partial charge in [-0.15, -0.1) is 11.3 Å². The highest BCUT2D eigenvalue weighted by Crippen LogP contribution is 2.24. The smallest absolute Gasteiger partial charge is 0.284 e. The molecule has 0 fully saturated rings. The minimum Gasteiger partial charge on any atom is -0.369 e. The Morgan fingerprint density at radius 1 is 1.33 bits per heavy atom. The van der Waals surface area contributed by atoms with E-state index >= 15 is 0 Å². The van der Waals surface area contributed by atoms with Crippen molar-refractivity contribution >= 4 is 68.0 Å². The van der Waals surface area contributed by atoms with Crippen LogP contribution >= 0.6 is 39.5 Å². The lowest BCUT2D eigenvalue weighted by atomic mass is 10.2. The summed E-state index contributed by atoms with van der Waals surface area (Å²) in [5.74, 6) is -1.01. The van der Waals surface area contributed by atoms with E-state index in [-0.39, 0.29) is 17.4 Å². The van der Waals surface area contributed by atoms with Crippen molar-refractivity contribution in [2.24, 2.45) is 0 Å². The number of nitrogens with zero attached hydrogens (tertiary/aromatic N) is 4. The van der Waals surface area contributed by atoms with Crippen LogP contribution in [0.5, 0.6) is 0 Å². The normalized spacial score (nSPS) is 14.1. The first-order chi connectivity index (χ1) is 15.6. The molecule has 0 saturated heterocycles. The molecule has 0 aromatic carbocycles. The van der Waals surface area contributed by atoms with Gasteiger partial charge in [-0.25, -0.2) is 9.97 Å². The number of carbonyl (C=O) groups excluding carboxylic acids is 3. The quantitative estimate of drug-likeness (QED) is 0.454. The molecule has 2 aromatic heterocycles. The molecule has 13 heteroatoms. The number of thiazole rings is 1. The molecule has 3 rings (SSSR count). The fourth-order valence-electron chi connectivity index (χ4n) is 3.05. The predicted molar refractivity (Wildman–Crippen MR) is 133 cm³/mol. The van der Waals surface area contributed by atoms with Crippen LogP contribution in [0, 0.1) is 0 Å². The van der Waals surface area contributed by atoms with E-state index in [1.165, 1.54) is 16.2 Å². The van der Waals surface area contributed by atoms with Gasteiger partial charge in [0, 0.05) is 55.7 Å². The monoisotopic (exact) mass is 553 g/mol. The summed E-state index contributed by atoms with van der Waals surface area (Å²) in [5.41, 5.74) is 0.927. The highest BCUT2D eigenvalue weighted by Gasteiger charge is 2.27. The van der Waals surface area contributed by atoms with Crippen LogP contribution < -0.4 is 16.0 Å². The van der Waals surface area contributed by atoms with Gasteiger partial charge >= 0.3 is 0 Å². The summed E-state index contributed by atoms with van der Waals surface area (Å²) in [4.78, 5) is 50.8. The molecular weight excluding hydrogens is 530 g/mol. The summed E-state index contributed by atoms with van der Waals surface area (Å²) < 4.78 is 0.773. The number of rotatable bonds is 6. The van der Waals surface area contributed by atoms with Gasteiger partial charge in [-0.1, -0.05) is 12.2 Å². The lowest BCUT2D eigenvalue weighted by Gasteiger charge is -2.22. The second-order valence-electron chi connectivity index (χ2n) is 7.66. The Balaban J connectivity index is 1.62. The van der Waals surface area contributed by atoms with Crippen LogP contribution in [0.2, 0.25) is 0 Å². The van der Waals surface area contributed by atoms with E-state index in [4.69, 9.17) is 12.2 Å². The minimum absolute atomic E-state index is 0.0589. The summed E-state index contributed by atoms with van der Waals surface area (Å²) in [7, 11) is 5.19. The van der Waals surface area contributed by atoms with E-state index < -0.39 is 17.9 Å². The van der Waals surface area contributed by atoms with Gasteiger partial charge in [0.15, 0.2) is 10.00 Å². The molecular formula is C20H24BrN7O3S2. The first kappa shape index (κ1) is 25.1. The zero-order valence-electron chi connectivity index (χ0n) is 18.3. The highest BCUT2D eigenvalue weighted by molar-refractivity contribution is 9.10. The van der Waals surface area contributed by atoms with Crippen molar-refractivity contribution in [3.63, 3.8) is 0 Å². The van der Waals surface area contributed by atoms with Crippen molar-refractivity contribution in [3.05, 3.63) is 38.4 Å². The number of fused-ring (bicyclic) bond motifs is 1. The zero-order chi connectivity index (χ0) is 24.1. The maximum Gasteiger partial charge on any atom is 0.284 e. The van der Waals surface area contributed by atoms with E-state index in [9.17, 15) is 14.4 Å². The molecule has 3 amide bonds. The third kappa shape index (κ3) is 6.76. The topological polar surface area (TPSA) is 120 Å². The highest BCUT2D eigenvalue weighted by atomic mass is 79.9. The lowest BCUT2D eigenvalue weighted by molar-refractivity contribution is -0.130. The Hall–Kier alpha value is -2.48. The van der Waals surface area contributed by atoms with E-state index in [0.29, 0.717) is 10.8 Å². The molecule has 0 aliphatic carbocycles. The van der Waals surface area contributed by atoms with Crippen molar-refractivity contribution in [2.45, 2.75) is 19.0 Å². The van der Waals surface area contributed by atoms with Crippen LogP contribution in [0.4, 0.5) is 5.82 Å². The van der Waals surface area contributed by atoms with Gasteiger partial charge in [-0.3, -0.25) is 14.4 Å². The van der Waals surface area contributed by atoms with Gasteiger partial charge in [-0.2, -0.15) is 0 Å². The molecule has 33 heavy (non-hydrogen) atoms. The van der Waals surface area contributed by atoms with Crippen LogP contribution in [0.1, 0.15) is 20.4 Å². The zero-order valence-corrected chi connectivity index (χ0v) is 21.6. The van der Waals surface area contributed by atoms with Crippen molar-refractivity contribution < 1.29 is 14.4 Å². The average Bonchev–Trinajstić information content (AvgIpc) is 3.20. The van der Waals surface area contributed by atoms with Gasteiger partial charge in [0.2, 0.25) is 5.91 Å². The second-order valence-corrected chi connectivity index (χ2v) is 10.1. The Morgan fingerprint density at radius 2 is 2.09 bits per heavy atom. The Labute approximate surface area is 209 Å². The molecule has 1 unspecified atom stereocenters. The third-order valence-corrected chi connectivity index (χ3v) is 6.68. The predicted octanol–water partition coefficient (Wildman–Crippen LogP) is 1.03. The van der Waals surface area contributed by atoms with Crippen LogP contribution in [-0.4, -0.2) is 82.8 Å². The number of anilines is 1. The second kappa shape index (κ2) is 11.1. The Bertz CT molecular complexity index is 1060. The molecule has 0 saturated carbocycles. The van der Waals surface area contributed by atoms with Gasteiger partial charge in [0.25, 0.3) is 11.8 Å². The van der Waals surface area contributed by atoms with Gasteiger partial charge in [-0.05, 0) is 35.1 Å². The fraction of sp³-hybridized carbons (Fsp3) is 0.400. The number of pyridine rings is 1. The van der Waals surface area contributed by atoms with Gasteiger partial charge in [0.05, 0.1) is 5.69 Å². The number of likely N-dealkylation sites (N-methyl/N-ethyl adjacent to an activating group) is 2. The van der Waals surface area contributed by atoms with Crippen LogP contribution in [0.3, 0.4) is 0 Å². The first-order valence-electron chi connectivity index (χ1n) is 10.0. The number of halogens is 1. The van der Waals surface area contributed by atoms with Crippen molar-refractivity contribution in [2.75, 3.05) is 39.5 Å². The lowest BCUT2D eigenvalue weighted by Crippen LogP contribution is -2.53. The van der Waals surface area contributed by atoms with E-state index in [1.54, 1.807) is 32.4 Å². The van der Waals surface area contributed by atoms with Gasteiger partial charge < -0.3 is 25.8 Å². The van der Waals surface area contributed by atoms with E-state index in [2.05, 4.69) is 46.7 Å². The molecule has 0 bridgehead atoms. The summed E-state index contributed by atoms with van der Waals surface area (Å²) in [6.45, 7) is 1.58. The summed E-state index contributed by atoms with van der Waals surface area (Å²) in [6, 6.07) is 2.41. The number of amides is 3. The van der Waals surface area contributed by atoms with Crippen molar-refractivity contribution in [1.29, 1.82) is 0 Å². The van der Waals surface area contributed by atoms with E-state index in [0.717, 1.165) is 34.6 Å². The molecule has 1 aliphatic heterocycles. The third-order valence-electron chi connectivity index (χ3n) is 4.80. The summed E-state index contributed by atoms with van der Waals surface area (Å²) >= 11 is 9.74. The largest absolute Gasteiger partial charge is 0.369 e. The van der Waals surface area contributed by atoms with E-state index in [1.807, 2.05) is 7.05 Å². The van der Waals surface area contributed by atoms with Crippen LogP contribution in [0.25, 0.3) is 0 Å². The minimum atomic E-state index is -0.937. The number of hydrogen-bond donors (Lipinski definition) is 3. The average molecular weight is 554 g/mol. The standard InChI is InChI=1S/C20H24BrN7O3S2/c1-27(2)20(31)13(9-23-18(32)16(29)26-15-5-4-11(21)8-22-15)24-17(30)19-25-12-6-7-28(3)10-14(12)33-19/h4-5,8,13H,6-7,9-10H2,1-3H3,(H,23,32)(H,24,30)(H,22,26,29). The molecule has 3 heterocycles. The SMILES string of the molecule is CN1CCc2nc(C(=O)NC(CNC(=S)C(=O)Nc3ccc(Br)cn3)C(=O)N(C)C)sc2C1. The number of carbonyl (C=O) groups is 3. The Kier molecular flexibility index (Phi) is 8.46. The number of hydrogen-bond acceptors (Lipinski definition) is 8. The van der Waals surface area contributed by atoms with Crippen LogP contribution in [0.15, 0.2) is 22.8 Å². The maximum absolute atomic E-state index is 12.8. The fourth-order valence-corrected chi connectivity index (χ4v) is 4.51. The van der Waals surface area contributed by atoms with Crippen molar-refractivity contribution in [1.82, 2.24) is 30.4 Å². The summed E-state index contributed by atoms with van der Waals surface area (Å²) in [5, 5.41) is 8.36. The first-order valence-corrected chi connectivity index (χ1v) is 12.1. The molecule has 2 aromatic rings. The molecule has 1 aliphatic rings. The van der Waals surface area contributed by atoms with Crippen molar-refractivity contribution in [3.8, 4) is 0 Å². The molecule has 3 N–H and O–H groups in total. The number of thiocarbonyl (C=S) groups is 1. The maximum atomic E-state index is 12.8. The number of aromatic nitrogens is 2. The molecule has 176 valence electrons. The van der Waals surface area contributed by atoms with Crippen LogP contribution in [-0.2, 0) is 22.6 Å². The summed E-state index contributed by atoms with van der Waals surface area (Å²) in [6.07, 6.45) is 2.33. The molecule has 10 nitrogen and oxygen atoms in total.